The minimum Gasteiger partial charge on any atom is -0.497 e. The van der Waals surface area contributed by atoms with Crippen LogP contribution in [0.2, 0.25) is 0 Å². The molecule has 1 rings (SSSR count). The second kappa shape index (κ2) is 9.20. The van der Waals surface area contributed by atoms with Crippen molar-refractivity contribution >= 4 is 11.9 Å². The van der Waals surface area contributed by atoms with Crippen molar-refractivity contribution < 1.29 is 9.57 Å². The van der Waals surface area contributed by atoms with E-state index >= 15 is 0 Å². The number of methoxy groups -OCH3 is 1. The summed E-state index contributed by atoms with van der Waals surface area (Å²) in [5.74, 6) is 0.862. The highest BCUT2D eigenvalue weighted by molar-refractivity contribution is 7.96. The average Bonchev–Trinajstić information content (AvgIpc) is 2.45. The zero-order valence-electron chi connectivity index (χ0n) is 12.0. The normalized spacial score (nSPS) is 12.7. The SMILES string of the molecule is CCC(C)ON(CCCN)Sc1ccc(OC)cc1. The Bertz CT molecular complexity index is 346. The van der Waals surface area contributed by atoms with Crippen LogP contribution in [0.1, 0.15) is 26.7 Å². The summed E-state index contributed by atoms with van der Waals surface area (Å²) < 4.78 is 7.07. The number of ether oxygens (including phenoxy) is 1. The van der Waals surface area contributed by atoms with Crippen molar-refractivity contribution in [3.8, 4) is 5.75 Å². The first kappa shape index (κ1) is 16.3. The lowest BCUT2D eigenvalue weighted by Crippen LogP contribution is -2.24. The number of hydroxylamine groups is 1. The molecule has 0 radical (unpaired) electrons. The van der Waals surface area contributed by atoms with Gasteiger partial charge in [0.1, 0.15) is 5.75 Å². The van der Waals surface area contributed by atoms with Crippen LogP contribution in [0.5, 0.6) is 5.75 Å². The van der Waals surface area contributed by atoms with Gasteiger partial charge in [-0.2, -0.15) is 0 Å². The molecule has 1 unspecified atom stereocenters. The summed E-state index contributed by atoms with van der Waals surface area (Å²) in [4.78, 5) is 7.00. The summed E-state index contributed by atoms with van der Waals surface area (Å²) in [7, 11) is 1.67. The molecule has 0 bridgehead atoms. The summed E-state index contributed by atoms with van der Waals surface area (Å²) in [6, 6.07) is 7.96. The lowest BCUT2D eigenvalue weighted by Gasteiger charge is -2.23. The molecule has 1 aromatic carbocycles. The van der Waals surface area contributed by atoms with Crippen LogP contribution in [0.3, 0.4) is 0 Å². The van der Waals surface area contributed by atoms with Crippen molar-refractivity contribution in [2.24, 2.45) is 5.73 Å². The van der Waals surface area contributed by atoms with Gasteiger partial charge in [0.15, 0.2) is 0 Å². The van der Waals surface area contributed by atoms with Gasteiger partial charge in [-0.25, -0.2) is 0 Å². The molecular weight excluding hydrogens is 260 g/mol. The second-order valence-electron chi connectivity index (χ2n) is 4.29. The fourth-order valence-electron chi connectivity index (χ4n) is 1.37. The van der Waals surface area contributed by atoms with Crippen LogP contribution in [0.4, 0.5) is 0 Å². The number of rotatable bonds is 9. The van der Waals surface area contributed by atoms with Crippen LogP contribution in [0.25, 0.3) is 0 Å². The van der Waals surface area contributed by atoms with Gasteiger partial charge in [0.25, 0.3) is 0 Å². The monoisotopic (exact) mass is 284 g/mol. The van der Waals surface area contributed by atoms with Gasteiger partial charge in [-0.15, -0.1) is 4.47 Å². The first-order valence-electron chi connectivity index (χ1n) is 6.66. The Labute approximate surface area is 120 Å². The third-order valence-corrected chi connectivity index (χ3v) is 3.64. The minimum absolute atomic E-state index is 0.212. The van der Waals surface area contributed by atoms with Gasteiger partial charge < -0.3 is 10.5 Å². The smallest absolute Gasteiger partial charge is 0.118 e. The van der Waals surface area contributed by atoms with Gasteiger partial charge in [0.2, 0.25) is 0 Å². The summed E-state index contributed by atoms with van der Waals surface area (Å²) in [5, 5.41) is 0. The van der Waals surface area contributed by atoms with Crippen LogP contribution < -0.4 is 10.5 Å². The first-order valence-corrected chi connectivity index (χ1v) is 7.43. The Morgan fingerprint density at radius 1 is 1.32 bits per heavy atom. The molecule has 1 aromatic rings. The molecule has 0 aromatic heterocycles. The van der Waals surface area contributed by atoms with Crippen LogP contribution >= 0.6 is 11.9 Å². The zero-order valence-corrected chi connectivity index (χ0v) is 12.8. The van der Waals surface area contributed by atoms with Gasteiger partial charge in [0, 0.05) is 11.4 Å². The van der Waals surface area contributed by atoms with Crippen molar-refractivity contribution in [3.63, 3.8) is 0 Å². The van der Waals surface area contributed by atoms with Gasteiger partial charge in [0.05, 0.1) is 13.2 Å². The lowest BCUT2D eigenvalue weighted by molar-refractivity contribution is -0.119. The Kier molecular flexibility index (Phi) is 7.90. The molecule has 0 saturated heterocycles. The number of benzene rings is 1. The van der Waals surface area contributed by atoms with Crippen molar-refractivity contribution in [1.29, 1.82) is 0 Å². The maximum atomic E-state index is 5.87. The van der Waals surface area contributed by atoms with Crippen molar-refractivity contribution in [2.45, 2.75) is 37.7 Å². The third kappa shape index (κ3) is 6.29. The quantitative estimate of drug-likeness (QED) is 0.558. The fraction of sp³-hybridized carbons (Fsp3) is 0.571. The molecule has 5 heteroatoms. The fourth-order valence-corrected chi connectivity index (χ4v) is 2.27. The molecule has 2 N–H and O–H groups in total. The molecule has 0 heterocycles. The Morgan fingerprint density at radius 2 is 2.00 bits per heavy atom. The molecule has 0 amide bonds. The Balaban J connectivity index is 2.58. The van der Waals surface area contributed by atoms with E-state index in [2.05, 4.69) is 13.8 Å². The third-order valence-electron chi connectivity index (χ3n) is 2.68. The van der Waals surface area contributed by atoms with Gasteiger partial charge >= 0.3 is 0 Å². The van der Waals surface area contributed by atoms with E-state index in [4.69, 9.17) is 15.3 Å². The van der Waals surface area contributed by atoms with Gasteiger partial charge in [-0.05, 0) is 62.5 Å². The van der Waals surface area contributed by atoms with Crippen molar-refractivity contribution in [2.75, 3.05) is 20.2 Å². The average molecular weight is 284 g/mol. The summed E-state index contributed by atoms with van der Waals surface area (Å²) in [6.45, 7) is 5.68. The molecular formula is C14H24N2O2S. The van der Waals surface area contributed by atoms with Crippen LogP contribution in [-0.4, -0.2) is 30.8 Å². The van der Waals surface area contributed by atoms with Gasteiger partial charge in [-0.1, -0.05) is 6.92 Å². The molecule has 1 atom stereocenters. The largest absolute Gasteiger partial charge is 0.497 e. The molecule has 0 fully saturated rings. The van der Waals surface area contributed by atoms with E-state index in [-0.39, 0.29) is 6.10 Å². The predicted octanol–water partition coefficient (Wildman–Crippen LogP) is 3.08. The predicted molar refractivity (Wildman–Crippen MR) is 80.1 cm³/mol. The molecule has 4 nitrogen and oxygen atoms in total. The Hall–Kier alpha value is -0.750. The highest BCUT2D eigenvalue weighted by atomic mass is 32.2. The molecule has 0 aliphatic carbocycles. The second-order valence-corrected chi connectivity index (χ2v) is 5.35. The van der Waals surface area contributed by atoms with E-state index in [1.54, 1.807) is 19.1 Å². The van der Waals surface area contributed by atoms with E-state index in [0.717, 1.165) is 30.0 Å². The number of nitrogens with zero attached hydrogens (tertiary/aromatic N) is 1. The van der Waals surface area contributed by atoms with E-state index < -0.39 is 0 Å². The lowest BCUT2D eigenvalue weighted by atomic mass is 10.3. The molecule has 19 heavy (non-hydrogen) atoms. The summed E-state index contributed by atoms with van der Waals surface area (Å²) in [5.41, 5.74) is 5.56. The molecule has 0 spiro atoms. The number of hydrogen-bond acceptors (Lipinski definition) is 5. The van der Waals surface area contributed by atoms with Gasteiger partial charge in [-0.3, -0.25) is 4.84 Å². The van der Waals surface area contributed by atoms with E-state index in [9.17, 15) is 0 Å². The van der Waals surface area contributed by atoms with E-state index in [1.165, 1.54) is 0 Å². The number of nitrogens with two attached hydrogens (primary N) is 1. The molecule has 0 aliphatic heterocycles. The van der Waals surface area contributed by atoms with Crippen molar-refractivity contribution in [1.82, 2.24) is 4.47 Å². The van der Waals surface area contributed by atoms with E-state index in [1.807, 2.05) is 28.7 Å². The maximum absolute atomic E-state index is 5.87. The van der Waals surface area contributed by atoms with Crippen LogP contribution in [0, 0.1) is 0 Å². The molecule has 0 saturated carbocycles. The standard InChI is InChI=1S/C14H24N2O2S/c1-4-12(2)18-16(11-5-10-15)19-14-8-6-13(17-3)7-9-14/h6-9,12H,4-5,10-11,15H2,1-3H3. The van der Waals surface area contributed by atoms with Crippen LogP contribution in [-0.2, 0) is 4.84 Å². The molecule has 108 valence electrons. The highest BCUT2D eigenvalue weighted by Crippen LogP contribution is 2.26. The first-order chi connectivity index (χ1) is 9.19. The highest BCUT2D eigenvalue weighted by Gasteiger charge is 2.11. The number of hydrogen-bond donors (Lipinski definition) is 1. The van der Waals surface area contributed by atoms with Crippen LogP contribution in [0.15, 0.2) is 29.2 Å². The Morgan fingerprint density at radius 3 is 2.53 bits per heavy atom. The zero-order chi connectivity index (χ0) is 14.1. The topological polar surface area (TPSA) is 47.7 Å². The minimum atomic E-state index is 0.212. The van der Waals surface area contributed by atoms with Crippen molar-refractivity contribution in [3.05, 3.63) is 24.3 Å². The maximum Gasteiger partial charge on any atom is 0.118 e. The summed E-state index contributed by atoms with van der Waals surface area (Å²) >= 11 is 1.59. The molecule has 0 aliphatic rings. The van der Waals surface area contributed by atoms with E-state index in [0.29, 0.717) is 6.54 Å². The summed E-state index contributed by atoms with van der Waals surface area (Å²) in [6.07, 6.45) is 2.12.